The van der Waals surface area contributed by atoms with Crippen LogP contribution in [-0.2, 0) is 6.54 Å². The van der Waals surface area contributed by atoms with Crippen LogP contribution >= 0.6 is 0 Å². The number of nitrogens with one attached hydrogen (secondary N) is 2. The Hall–Kier alpha value is -2.48. The lowest BCUT2D eigenvalue weighted by Crippen LogP contribution is -2.44. The summed E-state index contributed by atoms with van der Waals surface area (Å²) in [7, 11) is 0. The van der Waals surface area contributed by atoms with Crippen molar-refractivity contribution in [1.82, 2.24) is 35.3 Å². The lowest BCUT2D eigenvalue weighted by Gasteiger charge is -2.33. The van der Waals surface area contributed by atoms with E-state index in [1.807, 2.05) is 12.1 Å². The van der Waals surface area contributed by atoms with Gasteiger partial charge in [-0.05, 0) is 37.9 Å². The summed E-state index contributed by atoms with van der Waals surface area (Å²) in [5.74, 6) is 0.696. The molecule has 8 nitrogen and oxygen atoms in total. The standard InChI is InChI=1S/C17H25N7O/c1-14-4-2-3-8-23(14)9-7-19-17(25)21-11-15-5-6-16(20-10-15)24-13-18-12-22-24/h5-6,10,12-14H,2-4,7-9,11H2,1H3,(H2,19,21,25). The summed E-state index contributed by atoms with van der Waals surface area (Å²) in [6.07, 6.45) is 8.61. The summed E-state index contributed by atoms with van der Waals surface area (Å²) in [5.41, 5.74) is 0.934. The molecule has 1 saturated heterocycles. The zero-order valence-corrected chi connectivity index (χ0v) is 14.6. The van der Waals surface area contributed by atoms with Crippen LogP contribution in [0.3, 0.4) is 0 Å². The van der Waals surface area contributed by atoms with E-state index in [1.165, 1.54) is 25.6 Å². The predicted molar refractivity (Wildman–Crippen MR) is 94.3 cm³/mol. The lowest BCUT2D eigenvalue weighted by molar-refractivity contribution is 0.161. The molecule has 0 spiro atoms. The van der Waals surface area contributed by atoms with Crippen molar-refractivity contribution in [3.8, 4) is 5.82 Å². The first-order chi connectivity index (χ1) is 12.2. The van der Waals surface area contributed by atoms with Crippen molar-refractivity contribution in [3.63, 3.8) is 0 Å². The zero-order chi connectivity index (χ0) is 17.5. The van der Waals surface area contributed by atoms with Gasteiger partial charge in [-0.3, -0.25) is 4.90 Å². The Kier molecular flexibility index (Phi) is 5.95. The SMILES string of the molecule is CC1CCCCN1CCNC(=O)NCc1ccc(-n2cncn2)nc1. The fourth-order valence-corrected chi connectivity index (χ4v) is 3.03. The number of nitrogens with zero attached hydrogens (tertiary/aromatic N) is 5. The number of hydrogen-bond acceptors (Lipinski definition) is 5. The van der Waals surface area contributed by atoms with Crippen LogP contribution in [-0.4, -0.2) is 56.4 Å². The van der Waals surface area contributed by atoms with Crippen LogP contribution in [0.5, 0.6) is 0 Å². The van der Waals surface area contributed by atoms with Gasteiger partial charge in [0.05, 0.1) is 0 Å². The van der Waals surface area contributed by atoms with Gasteiger partial charge in [0.15, 0.2) is 5.82 Å². The fourth-order valence-electron chi connectivity index (χ4n) is 3.03. The van der Waals surface area contributed by atoms with E-state index in [2.05, 4.69) is 37.5 Å². The molecule has 2 amide bonds. The number of hydrogen-bond donors (Lipinski definition) is 2. The minimum absolute atomic E-state index is 0.148. The molecule has 1 atom stereocenters. The molecule has 3 heterocycles. The second-order valence-electron chi connectivity index (χ2n) is 6.35. The van der Waals surface area contributed by atoms with Crippen molar-refractivity contribution in [2.45, 2.75) is 38.8 Å². The molecule has 134 valence electrons. The van der Waals surface area contributed by atoms with Crippen molar-refractivity contribution < 1.29 is 4.79 Å². The Balaban J connectivity index is 1.37. The van der Waals surface area contributed by atoms with E-state index in [4.69, 9.17) is 0 Å². The van der Waals surface area contributed by atoms with Crippen molar-refractivity contribution in [2.24, 2.45) is 0 Å². The molecule has 0 aliphatic carbocycles. The number of carbonyl (C=O) groups excluding carboxylic acids is 1. The van der Waals surface area contributed by atoms with E-state index in [-0.39, 0.29) is 6.03 Å². The first-order valence-electron chi connectivity index (χ1n) is 8.78. The maximum atomic E-state index is 11.9. The summed E-state index contributed by atoms with van der Waals surface area (Å²) in [6, 6.07) is 4.24. The highest BCUT2D eigenvalue weighted by Crippen LogP contribution is 2.15. The van der Waals surface area contributed by atoms with E-state index in [0.29, 0.717) is 24.9 Å². The molecule has 25 heavy (non-hydrogen) atoms. The van der Waals surface area contributed by atoms with E-state index in [0.717, 1.165) is 18.7 Å². The topological polar surface area (TPSA) is 88.0 Å². The minimum atomic E-state index is -0.148. The number of rotatable bonds is 6. The Morgan fingerprint density at radius 2 is 2.24 bits per heavy atom. The minimum Gasteiger partial charge on any atom is -0.337 e. The summed E-state index contributed by atoms with van der Waals surface area (Å²) in [5, 5.41) is 9.81. The number of piperidine rings is 1. The average Bonchev–Trinajstić information content (AvgIpc) is 3.17. The molecule has 0 aromatic carbocycles. The van der Waals surface area contributed by atoms with Gasteiger partial charge >= 0.3 is 6.03 Å². The Bertz CT molecular complexity index is 656. The highest BCUT2D eigenvalue weighted by atomic mass is 16.2. The highest BCUT2D eigenvalue weighted by Gasteiger charge is 2.17. The number of pyridine rings is 1. The smallest absolute Gasteiger partial charge is 0.315 e. The summed E-state index contributed by atoms with van der Waals surface area (Å²) in [4.78, 5) is 22.6. The van der Waals surface area contributed by atoms with Gasteiger partial charge in [-0.1, -0.05) is 12.5 Å². The fraction of sp³-hybridized carbons (Fsp3) is 0.529. The van der Waals surface area contributed by atoms with Crippen LogP contribution in [0, 0.1) is 0 Å². The first kappa shape index (κ1) is 17.3. The van der Waals surface area contributed by atoms with Crippen LogP contribution in [0.25, 0.3) is 5.82 Å². The van der Waals surface area contributed by atoms with E-state index in [9.17, 15) is 4.79 Å². The number of carbonyl (C=O) groups is 1. The second-order valence-corrected chi connectivity index (χ2v) is 6.35. The number of aromatic nitrogens is 4. The molecule has 0 saturated carbocycles. The summed E-state index contributed by atoms with van der Waals surface area (Å²) < 4.78 is 1.59. The number of amides is 2. The van der Waals surface area contributed by atoms with Gasteiger partial charge in [0, 0.05) is 31.9 Å². The molecular formula is C17H25N7O. The molecule has 0 radical (unpaired) electrons. The molecule has 0 bridgehead atoms. The molecule has 2 aromatic heterocycles. The Morgan fingerprint density at radius 1 is 1.32 bits per heavy atom. The van der Waals surface area contributed by atoms with E-state index < -0.39 is 0 Å². The van der Waals surface area contributed by atoms with E-state index in [1.54, 1.807) is 17.2 Å². The maximum absolute atomic E-state index is 11.9. The molecule has 1 fully saturated rings. The molecule has 1 unspecified atom stereocenters. The van der Waals surface area contributed by atoms with Gasteiger partial charge in [-0.15, -0.1) is 0 Å². The molecular weight excluding hydrogens is 318 g/mol. The highest BCUT2D eigenvalue weighted by molar-refractivity contribution is 5.73. The number of likely N-dealkylation sites (tertiary alicyclic amines) is 1. The van der Waals surface area contributed by atoms with E-state index >= 15 is 0 Å². The van der Waals surface area contributed by atoms with Crippen molar-refractivity contribution in [1.29, 1.82) is 0 Å². The average molecular weight is 343 g/mol. The molecule has 2 N–H and O–H groups in total. The van der Waals surface area contributed by atoms with Gasteiger partial charge in [-0.25, -0.2) is 19.4 Å². The lowest BCUT2D eigenvalue weighted by atomic mass is 10.0. The van der Waals surface area contributed by atoms with Crippen molar-refractivity contribution in [2.75, 3.05) is 19.6 Å². The van der Waals surface area contributed by atoms with Gasteiger partial charge in [0.25, 0.3) is 0 Å². The molecule has 3 rings (SSSR count). The Morgan fingerprint density at radius 3 is 2.96 bits per heavy atom. The van der Waals surface area contributed by atoms with Gasteiger partial charge in [0.2, 0.25) is 0 Å². The van der Waals surface area contributed by atoms with Gasteiger partial charge in [0.1, 0.15) is 12.7 Å². The third kappa shape index (κ3) is 4.99. The molecule has 1 aliphatic heterocycles. The first-order valence-corrected chi connectivity index (χ1v) is 8.78. The maximum Gasteiger partial charge on any atom is 0.315 e. The van der Waals surface area contributed by atoms with Crippen LogP contribution in [0.2, 0.25) is 0 Å². The second kappa shape index (κ2) is 8.57. The van der Waals surface area contributed by atoms with Crippen LogP contribution in [0.1, 0.15) is 31.7 Å². The summed E-state index contributed by atoms with van der Waals surface area (Å²) in [6.45, 7) is 5.41. The summed E-state index contributed by atoms with van der Waals surface area (Å²) >= 11 is 0. The quantitative estimate of drug-likeness (QED) is 0.826. The van der Waals surface area contributed by atoms with Gasteiger partial charge in [-0.2, -0.15) is 5.10 Å². The largest absolute Gasteiger partial charge is 0.337 e. The Labute approximate surface area is 147 Å². The van der Waals surface area contributed by atoms with Crippen LogP contribution in [0.15, 0.2) is 31.0 Å². The van der Waals surface area contributed by atoms with Crippen LogP contribution in [0.4, 0.5) is 4.79 Å². The number of urea groups is 1. The molecule has 1 aliphatic rings. The van der Waals surface area contributed by atoms with Crippen LogP contribution < -0.4 is 10.6 Å². The van der Waals surface area contributed by atoms with Gasteiger partial charge < -0.3 is 10.6 Å². The zero-order valence-electron chi connectivity index (χ0n) is 14.6. The van der Waals surface area contributed by atoms with Crippen molar-refractivity contribution >= 4 is 6.03 Å². The third-order valence-electron chi connectivity index (χ3n) is 4.54. The predicted octanol–water partition coefficient (Wildman–Crippen LogP) is 1.34. The van der Waals surface area contributed by atoms with Crippen molar-refractivity contribution in [3.05, 3.63) is 36.5 Å². The monoisotopic (exact) mass is 343 g/mol. The molecule has 8 heteroatoms. The normalized spacial score (nSPS) is 18.0. The molecule has 2 aromatic rings. The third-order valence-corrected chi connectivity index (χ3v) is 4.54.